The molecule has 0 saturated heterocycles. The van der Waals surface area contributed by atoms with E-state index in [1.54, 1.807) is 18.7 Å². The molecule has 1 rings (SSSR count). The van der Waals surface area contributed by atoms with Gasteiger partial charge in [0.15, 0.2) is 0 Å². The lowest BCUT2D eigenvalue weighted by atomic mass is 9.82. The van der Waals surface area contributed by atoms with Crippen molar-refractivity contribution in [2.45, 2.75) is 50.8 Å². The fourth-order valence-corrected chi connectivity index (χ4v) is 2.70. The van der Waals surface area contributed by atoms with Crippen molar-refractivity contribution < 1.29 is 35.8 Å². The maximum absolute atomic E-state index is 14.1. The first-order valence-electron chi connectivity index (χ1n) is 7.60. The number of alkyl halides is 7. The number of hydrogen-bond acceptors (Lipinski definition) is 2. The zero-order chi connectivity index (χ0) is 19.7. The summed E-state index contributed by atoms with van der Waals surface area (Å²) in [6.07, 6.45) is -14.6. The molecule has 0 heterocycles. The lowest BCUT2D eigenvalue weighted by Crippen LogP contribution is -2.56. The molecule has 0 bridgehead atoms. The van der Waals surface area contributed by atoms with Crippen molar-refractivity contribution in [3.8, 4) is 0 Å². The average Bonchev–Trinajstić information content (AvgIpc) is 2.46. The number of nitrogens with zero attached hydrogens (tertiary/aromatic N) is 1. The van der Waals surface area contributed by atoms with E-state index in [1.165, 1.54) is 24.3 Å². The van der Waals surface area contributed by atoms with Gasteiger partial charge in [0.1, 0.15) is 0 Å². The van der Waals surface area contributed by atoms with Crippen LogP contribution in [0.3, 0.4) is 0 Å². The molecule has 0 radical (unpaired) electrons. The van der Waals surface area contributed by atoms with Crippen LogP contribution in [0.15, 0.2) is 24.3 Å². The van der Waals surface area contributed by atoms with Gasteiger partial charge in [-0.1, -0.05) is 18.2 Å². The van der Waals surface area contributed by atoms with Crippen LogP contribution >= 0.6 is 0 Å². The molecule has 1 aromatic rings. The molecule has 2 nitrogen and oxygen atoms in total. The zero-order valence-electron chi connectivity index (χ0n) is 14.0. The van der Waals surface area contributed by atoms with Crippen LogP contribution in [0, 0.1) is 0 Å². The molecule has 0 amide bonds. The van der Waals surface area contributed by atoms with Crippen molar-refractivity contribution >= 4 is 5.69 Å². The average molecular weight is 375 g/mol. The molecule has 144 valence electrons. The fourth-order valence-electron chi connectivity index (χ4n) is 2.70. The lowest BCUT2D eigenvalue weighted by molar-refractivity contribution is -0.352. The first-order valence-corrected chi connectivity index (χ1v) is 7.60. The molecule has 0 aromatic heterocycles. The van der Waals surface area contributed by atoms with Crippen LogP contribution in [0.5, 0.6) is 0 Å². The van der Waals surface area contributed by atoms with Crippen LogP contribution in [0.25, 0.3) is 0 Å². The van der Waals surface area contributed by atoms with E-state index in [9.17, 15) is 35.8 Å². The number of anilines is 1. The topological polar surface area (TPSA) is 23.5 Å². The summed E-state index contributed by atoms with van der Waals surface area (Å²) in [5.41, 5.74) is -8.17. The number of aliphatic hydroxyl groups is 1. The Morgan fingerprint density at radius 1 is 0.880 bits per heavy atom. The van der Waals surface area contributed by atoms with Gasteiger partial charge in [0.05, 0.1) is 5.60 Å². The van der Waals surface area contributed by atoms with Gasteiger partial charge in [0.25, 0.3) is 0 Å². The van der Waals surface area contributed by atoms with Crippen LogP contribution in [0.1, 0.15) is 32.8 Å². The molecule has 0 aliphatic carbocycles. The Kier molecular flexibility index (Phi) is 6.04. The molecule has 1 atom stereocenters. The van der Waals surface area contributed by atoms with E-state index >= 15 is 0 Å². The fraction of sp³-hybridized carbons (Fsp3) is 0.625. The summed E-state index contributed by atoms with van der Waals surface area (Å²) in [4.78, 5) is 1.64. The minimum Gasteiger partial charge on any atom is -0.385 e. The number of rotatable bonds is 6. The van der Waals surface area contributed by atoms with Crippen molar-refractivity contribution in [3.63, 3.8) is 0 Å². The number of benzene rings is 1. The van der Waals surface area contributed by atoms with E-state index in [0.29, 0.717) is 13.1 Å². The molecule has 1 aromatic carbocycles. The Morgan fingerprint density at radius 2 is 1.32 bits per heavy atom. The second-order valence-corrected chi connectivity index (χ2v) is 5.94. The summed E-state index contributed by atoms with van der Waals surface area (Å²) >= 11 is 0. The standard InChI is InChI=1S/C16H20F7NO/c1-4-24(5-2)12-9-7-6-8-11(12)13(3,25)10-14(17,15(18,19)20)16(21,22)23/h6-9,25H,4-5,10H2,1-3H3. The quantitative estimate of drug-likeness (QED) is 0.710. The van der Waals surface area contributed by atoms with E-state index in [1.807, 2.05) is 0 Å². The highest BCUT2D eigenvalue weighted by Gasteiger charge is 2.73. The molecule has 0 spiro atoms. The van der Waals surface area contributed by atoms with Gasteiger partial charge < -0.3 is 10.0 Å². The molecule has 1 N–H and O–H groups in total. The largest absolute Gasteiger partial charge is 0.431 e. The SMILES string of the molecule is CCN(CC)c1ccccc1C(C)(O)CC(F)(C(F)(F)F)C(F)(F)F. The van der Waals surface area contributed by atoms with Crippen molar-refractivity contribution in [3.05, 3.63) is 29.8 Å². The predicted molar refractivity (Wildman–Crippen MR) is 80.1 cm³/mol. The third-order valence-electron chi connectivity index (χ3n) is 4.07. The van der Waals surface area contributed by atoms with E-state index in [4.69, 9.17) is 0 Å². The van der Waals surface area contributed by atoms with Gasteiger partial charge >= 0.3 is 18.0 Å². The summed E-state index contributed by atoms with van der Waals surface area (Å²) in [6, 6.07) is 5.54. The first-order chi connectivity index (χ1) is 11.2. The highest BCUT2D eigenvalue weighted by atomic mass is 19.4. The Labute approximate surface area is 141 Å². The van der Waals surface area contributed by atoms with Gasteiger partial charge in [-0.25, -0.2) is 4.39 Å². The molecule has 0 aliphatic heterocycles. The third kappa shape index (κ3) is 4.19. The van der Waals surface area contributed by atoms with Crippen LogP contribution < -0.4 is 4.90 Å². The minimum atomic E-state index is -6.21. The number of para-hydroxylation sites is 1. The summed E-state index contributed by atoms with van der Waals surface area (Å²) in [6.45, 7) is 5.03. The van der Waals surface area contributed by atoms with Crippen LogP contribution in [-0.2, 0) is 5.60 Å². The smallest absolute Gasteiger partial charge is 0.385 e. The summed E-state index contributed by atoms with van der Waals surface area (Å²) in [7, 11) is 0. The zero-order valence-corrected chi connectivity index (χ0v) is 14.0. The highest BCUT2D eigenvalue weighted by molar-refractivity contribution is 5.56. The number of halogens is 7. The van der Waals surface area contributed by atoms with E-state index < -0.39 is 30.0 Å². The van der Waals surface area contributed by atoms with Crippen LogP contribution in [0.2, 0.25) is 0 Å². The minimum absolute atomic E-state index is 0.200. The van der Waals surface area contributed by atoms with E-state index in [0.717, 1.165) is 6.92 Å². The maximum Gasteiger partial charge on any atom is 0.431 e. The van der Waals surface area contributed by atoms with Crippen molar-refractivity contribution in [1.29, 1.82) is 0 Å². The van der Waals surface area contributed by atoms with Crippen molar-refractivity contribution in [2.75, 3.05) is 18.0 Å². The molecule has 0 saturated carbocycles. The third-order valence-corrected chi connectivity index (χ3v) is 4.07. The molecule has 0 aliphatic rings. The molecule has 0 fully saturated rings. The molecule has 9 heteroatoms. The Balaban J connectivity index is 3.43. The Bertz CT molecular complexity index is 563. The second-order valence-electron chi connectivity index (χ2n) is 5.94. The maximum atomic E-state index is 14.1. The van der Waals surface area contributed by atoms with Gasteiger partial charge in [0.2, 0.25) is 0 Å². The summed E-state index contributed by atoms with van der Waals surface area (Å²) in [5, 5.41) is 10.4. The van der Waals surface area contributed by atoms with Gasteiger partial charge in [-0.05, 0) is 26.8 Å². The normalized spacial score (nSPS) is 15.8. The Morgan fingerprint density at radius 3 is 1.72 bits per heavy atom. The molecular weight excluding hydrogens is 355 g/mol. The van der Waals surface area contributed by atoms with Gasteiger partial charge in [-0.2, -0.15) is 26.3 Å². The molecule has 1 unspecified atom stereocenters. The van der Waals surface area contributed by atoms with E-state index in [2.05, 4.69) is 0 Å². The van der Waals surface area contributed by atoms with Crippen molar-refractivity contribution in [1.82, 2.24) is 0 Å². The Hall–Kier alpha value is -1.51. The van der Waals surface area contributed by atoms with Crippen LogP contribution in [-0.4, -0.2) is 36.2 Å². The lowest BCUT2D eigenvalue weighted by Gasteiger charge is -2.38. The van der Waals surface area contributed by atoms with Gasteiger partial charge in [-0.15, -0.1) is 0 Å². The summed E-state index contributed by atoms with van der Waals surface area (Å²) in [5.74, 6) is 0. The second kappa shape index (κ2) is 7.01. The molecule has 25 heavy (non-hydrogen) atoms. The highest BCUT2D eigenvalue weighted by Crippen LogP contribution is 2.52. The monoisotopic (exact) mass is 375 g/mol. The van der Waals surface area contributed by atoms with Gasteiger partial charge in [0, 0.05) is 30.8 Å². The van der Waals surface area contributed by atoms with E-state index in [-0.39, 0.29) is 11.3 Å². The number of hydrogen-bond donors (Lipinski definition) is 1. The molecular formula is C16H20F7NO. The first kappa shape index (κ1) is 21.5. The van der Waals surface area contributed by atoms with Crippen molar-refractivity contribution in [2.24, 2.45) is 0 Å². The predicted octanol–water partition coefficient (Wildman–Crippen LogP) is 4.96. The summed E-state index contributed by atoms with van der Waals surface area (Å²) < 4.78 is 91.0. The van der Waals surface area contributed by atoms with Gasteiger partial charge in [-0.3, -0.25) is 0 Å². The van der Waals surface area contributed by atoms with Crippen LogP contribution in [0.4, 0.5) is 36.4 Å².